The van der Waals surface area contributed by atoms with Gasteiger partial charge >= 0.3 is 7.60 Å². The fraction of sp³-hybridized carbons (Fsp3) is 0.625. The van der Waals surface area contributed by atoms with Crippen molar-refractivity contribution in [2.75, 3.05) is 14.2 Å². The van der Waals surface area contributed by atoms with Crippen molar-refractivity contribution >= 4 is 13.5 Å². The van der Waals surface area contributed by atoms with Gasteiger partial charge in [0.05, 0.1) is 0 Å². The second-order valence-electron chi connectivity index (χ2n) is 2.74. The van der Waals surface area contributed by atoms with Crippen molar-refractivity contribution in [1.29, 1.82) is 0 Å². The van der Waals surface area contributed by atoms with Crippen LogP contribution in [-0.4, -0.2) is 26.2 Å². The van der Waals surface area contributed by atoms with Crippen LogP contribution in [0.1, 0.15) is 13.8 Å². The van der Waals surface area contributed by atoms with Crippen LogP contribution in [0.2, 0.25) is 0 Å². The number of hydrogen-bond acceptors (Lipinski definition) is 4. The van der Waals surface area contributed by atoms with E-state index in [1.165, 1.54) is 27.0 Å². The Hall–Kier alpha value is -0.640. The Morgan fingerprint density at radius 3 is 2.29 bits per heavy atom. The minimum absolute atomic E-state index is 0.146. The highest BCUT2D eigenvalue weighted by atomic mass is 31.2. The fourth-order valence-electron chi connectivity index (χ4n) is 0.799. The van der Waals surface area contributed by atoms with Crippen molar-refractivity contribution in [1.82, 2.24) is 5.32 Å². The van der Waals surface area contributed by atoms with Crippen molar-refractivity contribution in [3.63, 3.8) is 0 Å². The Bertz CT molecular complexity index is 256. The monoisotopic (exact) mass is 221 g/mol. The number of nitrogens with one attached hydrogen (secondary N) is 1. The lowest BCUT2D eigenvalue weighted by molar-refractivity contribution is -0.119. The van der Waals surface area contributed by atoms with E-state index in [2.05, 4.69) is 14.4 Å². The Labute approximate surface area is 84.0 Å². The largest absolute Gasteiger partial charge is 0.353 e. The lowest BCUT2D eigenvalue weighted by Crippen LogP contribution is -2.28. The van der Waals surface area contributed by atoms with Gasteiger partial charge in [-0.1, -0.05) is 6.08 Å². The summed E-state index contributed by atoms with van der Waals surface area (Å²) in [5.74, 6) is 1.18. The molecule has 0 aliphatic heterocycles. The first kappa shape index (κ1) is 13.4. The third-order valence-corrected chi connectivity index (χ3v) is 3.05. The van der Waals surface area contributed by atoms with E-state index in [1.54, 1.807) is 13.0 Å². The minimum Gasteiger partial charge on any atom is -0.350 e. The smallest absolute Gasteiger partial charge is 0.350 e. The summed E-state index contributed by atoms with van der Waals surface area (Å²) in [6, 6.07) is -0.203. The molecule has 0 heterocycles. The molecule has 0 aromatic rings. The molecule has 0 aromatic carbocycles. The van der Waals surface area contributed by atoms with Crippen LogP contribution < -0.4 is 5.32 Å². The standard InChI is InChI=1S/C8H16NO4P/c1-7(9-8(2)10)5-6-14(11,12-3)13-4/h5-7H,1-4H3,(H,9,10)/b6-5+. The number of carbonyl (C=O) groups is 1. The summed E-state index contributed by atoms with van der Waals surface area (Å²) < 4.78 is 20.8. The molecular weight excluding hydrogens is 205 g/mol. The molecule has 0 radical (unpaired) electrons. The summed E-state index contributed by atoms with van der Waals surface area (Å²) in [4.78, 5) is 10.6. The molecule has 1 atom stereocenters. The topological polar surface area (TPSA) is 64.6 Å². The Morgan fingerprint density at radius 1 is 1.43 bits per heavy atom. The summed E-state index contributed by atoms with van der Waals surface area (Å²) in [6.07, 6.45) is 1.56. The Morgan fingerprint density at radius 2 is 1.93 bits per heavy atom. The van der Waals surface area contributed by atoms with Crippen molar-refractivity contribution in [3.8, 4) is 0 Å². The molecule has 5 nitrogen and oxygen atoms in total. The highest BCUT2D eigenvalue weighted by molar-refractivity contribution is 7.57. The molecule has 0 aliphatic carbocycles. The van der Waals surface area contributed by atoms with Gasteiger partial charge in [0.2, 0.25) is 5.91 Å². The molecule has 0 aliphatic rings. The van der Waals surface area contributed by atoms with Gasteiger partial charge in [-0.05, 0) is 6.92 Å². The van der Waals surface area contributed by atoms with Crippen LogP contribution in [0.25, 0.3) is 0 Å². The maximum atomic E-state index is 11.5. The van der Waals surface area contributed by atoms with Crippen LogP contribution in [0.15, 0.2) is 11.9 Å². The molecule has 6 heteroatoms. The van der Waals surface area contributed by atoms with Gasteiger partial charge in [0, 0.05) is 33.0 Å². The maximum Gasteiger partial charge on any atom is 0.353 e. The number of amides is 1. The molecule has 0 saturated heterocycles. The van der Waals surface area contributed by atoms with Crippen LogP contribution in [0.5, 0.6) is 0 Å². The van der Waals surface area contributed by atoms with Gasteiger partial charge in [0.25, 0.3) is 0 Å². The first-order chi connectivity index (χ1) is 6.43. The highest BCUT2D eigenvalue weighted by Gasteiger charge is 2.15. The summed E-state index contributed by atoms with van der Waals surface area (Å²) in [5.41, 5.74) is 0. The van der Waals surface area contributed by atoms with Crippen LogP contribution in [0, 0.1) is 0 Å². The average Bonchev–Trinajstić information content (AvgIpc) is 2.13. The normalized spacial score (nSPS) is 14.3. The SMILES string of the molecule is COP(=O)(/C=C/C(C)NC(C)=O)OC. The molecular formula is C8H16NO4P. The molecule has 82 valence electrons. The van der Waals surface area contributed by atoms with Crippen molar-refractivity contribution in [3.05, 3.63) is 11.9 Å². The molecule has 0 rings (SSSR count). The summed E-state index contributed by atoms with van der Waals surface area (Å²) >= 11 is 0. The zero-order chi connectivity index (χ0) is 11.2. The van der Waals surface area contributed by atoms with Crippen LogP contribution in [0.3, 0.4) is 0 Å². The van der Waals surface area contributed by atoms with Gasteiger partial charge in [-0.3, -0.25) is 9.36 Å². The lowest BCUT2D eigenvalue weighted by atomic mass is 10.3. The van der Waals surface area contributed by atoms with Gasteiger partial charge in [0.15, 0.2) is 0 Å². The van der Waals surface area contributed by atoms with Gasteiger partial charge in [0.1, 0.15) is 0 Å². The maximum absolute atomic E-state index is 11.5. The molecule has 0 aromatic heterocycles. The van der Waals surface area contributed by atoms with Crippen LogP contribution in [-0.2, 0) is 18.4 Å². The van der Waals surface area contributed by atoms with E-state index < -0.39 is 7.60 Å². The van der Waals surface area contributed by atoms with E-state index in [9.17, 15) is 9.36 Å². The van der Waals surface area contributed by atoms with E-state index in [1.807, 2.05) is 0 Å². The summed E-state index contributed by atoms with van der Waals surface area (Å²) in [6.45, 7) is 3.17. The number of hydrogen-bond donors (Lipinski definition) is 1. The van der Waals surface area contributed by atoms with E-state index >= 15 is 0 Å². The predicted molar refractivity (Wildman–Crippen MR) is 54.0 cm³/mol. The first-order valence-corrected chi connectivity index (χ1v) is 5.72. The quantitative estimate of drug-likeness (QED) is 0.714. The van der Waals surface area contributed by atoms with Crippen molar-refractivity contribution < 1.29 is 18.4 Å². The lowest BCUT2D eigenvalue weighted by Gasteiger charge is -2.10. The number of carbonyl (C=O) groups excluding carboxylic acids is 1. The van der Waals surface area contributed by atoms with Gasteiger partial charge < -0.3 is 14.4 Å². The summed E-state index contributed by atoms with van der Waals surface area (Å²) in [5, 5.41) is 2.61. The van der Waals surface area contributed by atoms with Crippen LogP contribution in [0.4, 0.5) is 0 Å². The molecule has 0 spiro atoms. The van der Waals surface area contributed by atoms with E-state index in [0.29, 0.717) is 0 Å². The zero-order valence-corrected chi connectivity index (χ0v) is 9.71. The number of rotatable bonds is 5. The first-order valence-electron chi connectivity index (χ1n) is 4.11. The fourth-order valence-corrected chi connectivity index (χ4v) is 1.66. The average molecular weight is 221 g/mol. The Balaban J connectivity index is 4.27. The molecule has 1 amide bonds. The minimum atomic E-state index is -3.11. The third kappa shape index (κ3) is 5.17. The van der Waals surface area contributed by atoms with E-state index in [4.69, 9.17) is 0 Å². The molecule has 0 saturated carbocycles. The van der Waals surface area contributed by atoms with Crippen molar-refractivity contribution in [2.24, 2.45) is 0 Å². The third-order valence-electron chi connectivity index (χ3n) is 1.50. The van der Waals surface area contributed by atoms with E-state index in [0.717, 1.165) is 0 Å². The molecule has 14 heavy (non-hydrogen) atoms. The molecule has 0 fully saturated rings. The van der Waals surface area contributed by atoms with Gasteiger partial charge in [-0.25, -0.2) is 0 Å². The second kappa shape index (κ2) is 5.96. The highest BCUT2D eigenvalue weighted by Crippen LogP contribution is 2.47. The van der Waals surface area contributed by atoms with Gasteiger partial charge in [-0.2, -0.15) is 0 Å². The predicted octanol–water partition coefficient (Wildman–Crippen LogP) is 1.51. The van der Waals surface area contributed by atoms with E-state index in [-0.39, 0.29) is 11.9 Å². The zero-order valence-electron chi connectivity index (χ0n) is 8.81. The second-order valence-corrected chi connectivity index (χ2v) is 4.84. The Kier molecular flexibility index (Phi) is 5.69. The van der Waals surface area contributed by atoms with Crippen LogP contribution >= 0.6 is 7.60 Å². The molecule has 1 unspecified atom stereocenters. The summed E-state index contributed by atoms with van der Waals surface area (Å²) in [7, 11) is -0.504. The van der Waals surface area contributed by atoms with Gasteiger partial charge in [-0.15, -0.1) is 0 Å². The van der Waals surface area contributed by atoms with Crippen molar-refractivity contribution in [2.45, 2.75) is 19.9 Å². The molecule has 0 bridgehead atoms. The molecule has 1 N–H and O–H groups in total.